The first-order chi connectivity index (χ1) is 12.8. The molecule has 6 nitrogen and oxygen atoms in total. The molecule has 1 N–H and O–H groups in total. The van der Waals surface area contributed by atoms with Crippen molar-refractivity contribution in [3.63, 3.8) is 0 Å². The summed E-state index contributed by atoms with van der Waals surface area (Å²) in [5, 5.41) is 6.74. The number of amides is 1. The summed E-state index contributed by atoms with van der Waals surface area (Å²) in [6.45, 7) is 7.23. The number of ketones is 1. The molecule has 0 saturated heterocycles. The molecule has 0 aliphatic rings. The van der Waals surface area contributed by atoms with Crippen LogP contribution in [0.15, 0.2) is 47.0 Å². The van der Waals surface area contributed by atoms with Crippen LogP contribution in [0.1, 0.15) is 40.0 Å². The Hall–Kier alpha value is -3.41. The summed E-state index contributed by atoms with van der Waals surface area (Å²) in [7, 11) is 0. The fourth-order valence-electron chi connectivity index (χ4n) is 2.98. The molecule has 138 valence electrons. The van der Waals surface area contributed by atoms with E-state index >= 15 is 0 Å². The van der Waals surface area contributed by atoms with Gasteiger partial charge < -0.3 is 9.84 Å². The number of carbonyl (C=O) groups excluding carboxylic acids is 2. The number of allylic oxidation sites excluding steroid dienone is 1. The van der Waals surface area contributed by atoms with Crippen LogP contribution in [0.5, 0.6) is 0 Å². The first-order valence-corrected chi connectivity index (χ1v) is 8.58. The Bertz CT molecular complexity index is 1040. The Morgan fingerprint density at radius 3 is 2.59 bits per heavy atom. The first-order valence-electron chi connectivity index (χ1n) is 8.58. The quantitative estimate of drug-likeness (QED) is 0.543. The summed E-state index contributed by atoms with van der Waals surface area (Å²) in [5.41, 5.74) is 4.01. The third-order valence-corrected chi connectivity index (χ3v) is 4.20. The van der Waals surface area contributed by atoms with Crippen molar-refractivity contribution in [3.05, 3.63) is 70.7 Å². The fourth-order valence-corrected chi connectivity index (χ4v) is 2.98. The molecule has 2 heterocycles. The van der Waals surface area contributed by atoms with Gasteiger partial charge in [0.1, 0.15) is 5.76 Å². The zero-order valence-corrected chi connectivity index (χ0v) is 15.7. The summed E-state index contributed by atoms with van der Waals surface area (Å²) >= 11 is 0. The van der Waals surface area contributed by atoms with Crippen molar-refractivity contribution in [2.45, 2.75) is 27.7 Å². The highest BCUT2D eigenvalue weighted by Crippen LogP contribution is 2.22. The Morgan fingerprint density at radius 2 is 1.93 bits per heavy atom. The van der Waals surface area contributed by atoms with Gasteiger partial charge in [0.25, 0.3) is 0 Å². The SMILES string of the molecule is CC(=O)Nc1cccc(C(=O)/C=C/c2cc(C)n(-c3cc(C)on3)c2C)c1. The molecule has 2 aromatic heterocycles. The highest BCUT2D eigenvalue weighted by atomic mass is 16.5. The van der Waals surface area contributed by atoms with E-state index in [0.717, 1.165) is 28.5 Å². The van der Waals surface area contributed by atoms with Crippen molar-refractivity contribution in [1.82, 2.24) is 9.72 Å². The van der Waals surface area contributed by atoms with E-state index in [1.54, 1.807) is 30.3 Å². The average molecular weight is 363 g/mol. The average Bonchev–Trinajstić information content (AvgIpc) is 3.15. The predicted molar refractivity (Wildman–Crippen MR) is 104 cm³/mol. The molecule has 0 radical (unpaired) electrons. The van der Waals surface area contributed by atoms with Crippen molar-refractivity contribution in [2.24, 2.45) is 0 Å². The molecule has 1 amide bonds. The summed E-state index contributed by atoms with van der Waals surface area (Å²) < 4.78 is 7.14. The standard InChI is InChI=1S/C21H21N3O3/c1-13-10-17(15(3)24(13)21-11-14(2)27-23-21)8-9-20(26)18-6-5-7-19(12-18)22-16(4)25/h5-12H,1-4H3,(H,22,25)/b9-8+. The third kappa shape index (κ3) is 4.06. The highest BCUT2D eigenvalue weighted by Gasteiger charge is 2.12. The minimum absolute atomic E-state index is 0.135. The van der Waals surface area contributed by atoms with E-state index in [2.05, 4.69) is 10.5 Å². The Kier molecular flexibility index (Phi) is 5.07. The van der Waals surface area contributed by atoms with Crippen molar-refractivity contribution in [2.75, 3.05) is 5.32 Å². The van der Waals surface area contributed by atoms with E-state index < -0.39 is 0 Å². The molecule has 1 aromatic carbocycles. The summed E-state index contributed by atoms with van der Waals surface area (Å²) in [5.74, 6) is 1.15. The molecule has 0 bridgehead atoms. The van der Waals surface area contributed by atoms with Gasteiger partial charge in [-0.1, -0.05) is 17.3 Å². The third-order valence-electron chi connectivity index (χ3n) is 4.20. The molecule has 0 saturated carbocycles. The van der Waals surface area contributed by atoms with Crippen molar-refractivity contribution in [1.29, 1.82) is 0 Å². The number of carbonyl (C=O) groups is 2. The van der Waals surface area contributed by atoms with Gasteiger partial charge in [0.2, 0.25) is 5.91 Å². The second-order valence-corrected chi connectivity index (χ2v) is 6.42. The van der Waals surface area contributed by atoms with Gasteiger partial charge in [0.05, 0.1) is 0 Å². The van der Waals surface area contributed by atoms with Gasteiger partial charge in [-0.25, -0.2) is 0 Å². The second-order valence-electron chi connectivity index (χ2n) is 6.42. The van der Waals surface area contributed by atoms with E-state index in [9.17, 15) is 9.59 Å². The maximum atomic E-state index is 12.5. The Labute approximate surface area is 157 Å². The van der Waals surface area contributed by atoms with Crippen LogP contribution >= 0.6 is 0 Å². The van der Waals surface area contributed by atoms with Gasteiger partial charge in [0.15, 0.2) is 11.6 Å². The lowest BCUT2D eigenvalue weighted by Crippen LogP contribution is -2.06. The van der Waals surface area contributed by atoms with Gasteiger partial charge in [-0.15, -0.1) is 0 Å². The van der Waals surface area contributed by atoms with Crippen LogP contribution in [-0.2, 0) is 4.79 Å². The number of anilines is 1. The molecular weight excluding hydrogens is 342 g/mol. The topological polar surface area (TPSA) is 77.1 Å². The number of aromatic nitrogens is 2. The molecule has 0 aliphatic carbocycles. The molecule has 0 fully saturated rings. The number of aryl methyl sites for hydroxylation is 2. The van der Waals surface area contributed by atoms with Crippen LogP contribution in [0.4, 0.5) is 5.69 Å². The molecule has 6 heteroatoms. The maximum absolute atomic E-state index is 12.5. The molecule has 0 aliphatic heterocycles. The zero-order chi connectivity index (χ0) is 19.6. The smallest absolute Gasteiger partial charge is 0.221 e. The molecule has 0 atom stereocenters. The number of rotatable bonds is 5. The van der Waals surface area contributed by atoms with Gasteiger partial charge in [0, 0.05) is 35.6 Å². The van der Waals surface area contributed by atoms with Crippen LogP contribution in [0.3, 0.4) is 0 Å². The molecule has 27 heavy (non-hydrogen) atoms. The first kappa shape index (κ1) is 18.4. The van der Waals surface area contributed by atoms with Gasteiger partial charge >= 0.3 is 0 Å². The van der Waals surface area contributed by atoms with Crippen LogP contribution in [0, 0.1) is 20.8 Å². The van der Waals surface area contributed by atoms with Crippen LogP contribution in [-0.4, -0.2) is 21.4 Å². The summed E-state index contributed by atoms with van der Waals surface area (Å²) in [4.78, 5) is 23.7. The van der Waals surface area contributed by atoms with Gasteiger partial charge in [-0.2, -0.15) is 0 Å². The lowest BCUT2D eigenvalue weighted by atomic mass is 10.1. The summed E-state index contributed by atoms with van der Waals surface area (Å²) in [6.07, 6.45) is 3.33. The monoisotopic (exact) mass is 363 g/mol. The lowest BCUT2D eigenvalue weighted by molar-refractivity contribution is -0.114. The molecule has 3 rings (SSSR count). The van der Waals surface area contributed by atoms with Crippen molar-refractivity contribution in [3.8, 4) is 5.82 Å². The maximum Gasteiger partial charge on any atom is 0.221 e. The largest absolute Gasteiger partial charge is 0.360 e. The van der Waals surface area contributed by atoms with Gasteiger partial charge in [-0.05, 0) is 56.7 Å². The van der Waals surface area contributed by atoms with Crippen LogP contribution < -0.4 is 5.32 Å². The lowest BCUT2D eigenvalue weighted by Gasteiger charge is -2.04. The van der Waals surface area contributed by atoms with Crippen molar-refractivity contribution < 1.29 is 14.1 Å². The fraction of sp³-hybridized carbons (Fsp3) is 0.190. The molecule has 3 aromatic rings. The van der Waals surface area contributed by atoms with Crippen LogP contribution in [0.2, 0.25) is 0 Å². The van der Waals surface area contributed by atoms with E-state index in [1.165, 1.54) is 13.0 Å². The number of hydrogen-bond donors (Lipinski definition) is 1. The summed E-state index contributed by atoms with van der Waals surface area (Å²) in [6, 6.07) is 10.7. The minimum Gasteiger partial charge on any atom is -0.360 e. The number of benzene rings is 1. The second kappa shape index (κ2) is 7.45. The van der Waals surface area contributed by atoms with Crippen molar-refractivity contribution >= 4 is 23.5 Å². The minimum atomic E-state index is -0.175. The van der Waals surface area contributed by atoms with E-state index in [-0.39, 0.29) is 11.7 Å². The number of nitrogens with one attached hydrogen (secondary N) is 1. The molecular formula is C21H21N3O3. The van der Waals surface area contributed by atoms with E-state index in [1.807, 2.05) is 37.5 Å². The van der Waals surface area contributed by atoms with Crippen LogP contribution in [0.25, 0.3) is 11.9 Å². The highest BCUT2D eigenvalue weighted by molar-refractivity contribution is 6.07. The molecule has 0 unspecified atom stereocenters. The van der Waals surface area contributed by atoms with E-state index in [4.69, 9.17) is 4.52 Å². The molecule has 0 spiro atoms. The van der Waals surface area contributed by atoms with Gasteiger partial charge in [-0.3, -0.25) is 14.2 Å². The zero-order valence-electron chi connectivity index (χ0n) is 15.7. The normalized spacial score (nSPS) is 11.1. The number of hydrogen-bond acceptors (Lipinski definition) is 4. The predicted octanol–water partition coefficient (Wildman–Crippen LogP) is 4.25. The van der Waals surface area contributed by atoms with E-state index in [0.29, 0.717) is 11.3 Å². The Balaban J connectivity index is 1.84. The number of nitrogens with zero attached hydrogens (tertiary/aromatic N) is 2. The Morgan fingerprint density at radius 1 is 1.15 bits per heavy atom.